The molecule has 0 aliphatic carbocycles. The minimum absolute atomic E-state index is 0.505. The Morgan fingerprint density at radius 3 is 2.65 bits per heavy atom. The summed E-state index contributed by atoms with van der Waals surface area (Å²) in [5.41, 5.74) is 1.98. The Labute approximate surface area is 115 Å². The van der Waals surface area contributed by atoms with Crippen LogP contribution in [-0.4, -0.2) is 20.3 Å². The van der Waals surface area contributed by atoms with E-state index in [0.717, 1.165) is 16.4 Å². The number of hydrogen-bond acceptors (Lipinski definition) is 4. The molecule has 0 unspecified atom stereocenters. The predicted molar refractivity (Wildman–Crippen MR) is 76.3 cm³/mol. The highest BCUT2D eigenvalue weighted by Crippen LogP contribution is 2.36. The molecule has 5 nitrogen and oxygen atoms in total. The van der Waals surface area contributed by atoms with E-state index in [1.165, 1.54) is 7.11 Å². The molecule has 3 rings (SSSR count). The molecule has 0 spiro atoms. The topological polar surface area (TPSA) is 60.7 Å². The maximum absolute atomic E-state index is 11.3. The van der Waals surface area contributed by atoms with Crippen molar-refractivity contribution in [3.05, 3.63) is 36.4 Å². The molecular formula is C15H13NO4. The summed E-state index contributed by atoms with van der Waals surface area (Å²) in [6, 6.07) is 11.3. The van der Waals surface area contributed by atoms with Gasteiger partial charge < -0.3 is 13.9 Å². The molecule has 102 valence electrons. The number of nitrogens with one attached hydrogen (secondary N) is 1. The molecule has 1 N–H and O–H groups in total. The fraction of sp³-hybridized carbons (Fsp3) is 0.133. The molecule has 0 radical (unpaired) electrons. The van der Waals surface area contributed by atoms with E-state index < -0.39 is 6.09 Å². The molecule has 1 aromatic heterocycles. The van der Waals surface area contributed by atoms with E-state index in [1.54, 1.807) is 13.2 Å². The number of carbonyl (C=O) groups excluding carboxylic acids is 1. The number of ether oxygens (including phenoxy) is 2. The van der Waals surface area contributed by atoms with Crippen LogP contribution in [0, 0.1) is 0 Å². The Balaban J connectivity index is 2.21. The maximum atomic E-state index is 11.3. The molecule has 0 aliphatic heterocycles. The van der Waals surface area contributed by atoms with Crippen LogP contribution in [-0.2, 0) is 4.74 Å². The van der Waals surface area contributed by atoms with Gasteiger partial charge in [0, 0.05) is 16.8 Å². The zero-order valence-electron chi connectivity index (χ0n) is 11.1. The van der Waals surface area contributed by atoms with Gasteiger partial charge in [0.05, 0.1) is 19.9 Å². The lowest BCUT2D eigenvalue weighted by Crippen LogP contribution is -2.11. The van der Waals surface area contributed by atoms with E-state index in [2.05, 4.69) is 10.1 Å². The first-order valence-corrected chi connectivity index (χ1v) is 6.07. The number of hydrogen-bond donors (Lipinski definition) is 1. The Bertz CT molecular complexity index is 791. The molecule has 1 heterocycles. The van der Waals surface area contributed by atoms with Crippen molar-refractivity contribution in [3.63, 3.8) is 0 Å². The molecule has 20 heavy (non-hydrogen) atoms. The van der Waals surface area contributed by atoms with Gasteiger partial charge in [-0.3, -0.25) is 5.32 Å². The van der Waals surface area contributed by atoms with Crippen LogP contribution in [0.5, 0.6) is 5.75 Å². The molecule has 2 aromatic carbocycles. The summed E-state index contributed by atoms with van der Waals surface area (Å²) in [6.45, 7) is 0. The average Bonchev–Trinajstić information content (AvgIpc) is 2.83. The SMILES string of the molecule is COC(=O)Nc1cc2oc3ccccc3c2cc1OC. The van der Waals surface area contributed by atoms with E-state index in [1.807, 2.05) is 30.3 Å². The van der Waals surface area contributed by atoms with Crippen molar-refractivity contribution in [2.75, 3.05) is 19.5 Å². The third-order valence-electron chi connectivity index (χ3n) is 3.12. The van der Waals surface area contributed by atoms with Gasteiger partial charge in [0.2, 0.25) is 0 Å². The lowest BCUT2D eigenvalue weighted by atomic mass is 10.1. The van der Waals surface area contributed by atoms with Crippen LogP contribution in [0.4, 0.5) is 10.5 Å². The van der Waals surface area contributed by atoms with Crippen LogP contribution in [0.3, 0.4) is 0 Å². The summed E-state index contributed by atoms with van der Waals surface area (Å²) in [6.07, 6.45) is -0.557. The first-order valence-electron chi connectivity index (χ1n) is 6.07. The second kappa shape index (κ2) is 4.77. The van der Waals surface area contributed by atoms with Gasteiger partial charge >= 0.3 is 6.09 Å². The number of methoxy groups -OCH3 is 2. The van der Waals surface area contributed by atoms with Crippen molar-refractivity contribution in [1.82, 2.24) is 0 Å². The average molecular weight is 271 g/mol. The van der Waals surface area contributed by atoms with Crippen molar-refractivity contribution >= 4 is 33.7 Å². The van der Waals surface area contributed by atoms with Gasteiger partial charge in [-0.15, -0.1) is 0 Å². The third kappa shape index (κ3) is 1.93. The number of amides is 1. The minimum Gasteiger partial charge on any atom is -0.495 e. The van der Waals surface area contributed by atoms with E-state index in [0.29, 0.717) is 17.0 Å². The van der Waals surface area contributed by atoms with Crippen molar-refractivity contribution < 1.29 is 18.7 Å². The number of anilines is 1. The van der Waals surface area contributed by atoms with Crippen LogP contribution in [0.1, 0.15) is 0 Å². The number of fused-ring (bicyclic) bond motifs is 3. The second-order valence-corrected chi connectivity index (χ2v) is 4.26. The molecule has 1 amide bonds. The zero-order valence-corrected chi connectivity index (χ0v) is 11.1. The van der Waals surface area contributed by atoms with Crippen LogP contribution in [0.2, 0.25) is 0 Å². The van der Waals surface area contributed by atoms with Crippen molar-refractivity contribution in [3.8, 4) is 5.75 Å². The van der Waals surface area contributed by atoms with Gasteiger partial charge in [0.15, 0.2) is 0 Å². The lowest BCUT2D eigenvalue weighted by Gasteiger charge is -2.09. The minimum atomic E-state index is -0.557. The van der Waals surface area contributed by atoms with E-state index in [9.17, 15) is 4.79 Å². The van der Waals surface area contributed by atoms with Gasteiger partial charge in [-0.1, -0.05) is 18.2 Å². The maximum Gasteiger partial charge on any atom is 0.411 e. The molecular weight excluding hydrogens is 258 g/mol. The highest BCUT2D eigenvalue weighted by atomic mass is 16.5. The van der Waals surface area contributed by atoms with E-state index >= 15 is 0 Å². The normalized spacial score (nSPS) is 10.7. The standard InChI is InChI=1S/C15H13NO4/c1-18-14-7-10-9-5-3-4-6-12(9)20-13(10)8-11(14)16-15(17)19-2/h3-8H,1-2H3,(H,16,17). The number of carbonyl (C=O) groups is 1. The summed E-state index contributed by atoms with van der Waals surface area (Å²) in [4.78, 5) is 11.3. The van der Waals surface area contributed by atoms with Crippen LogP contribution >= 0.6 is 0 Å². The number of rotatable bonds is 2. The Kier molecular flexibility index (Phi) is 2.95. The molecule has 0 fully saturated rings. The van der Waals surface area contributed by atoms with E-state index in [4.69, 9.17) is 9.15 Å². The van der Waals surface area contributed by atoms with Crippen LogP contribution < -0.4 is 10.1 Å². The summed E-state index contributed by atoms with van der Waals surface area (Å²) < 4.78 is 15.7. The quantitative estimate of drug-likeness (QED) is 0.770. The lowest BCUT2D eigenvalue weighted by molar-refractivity contribution is 0.187. The first kappa shape index (κ1) is 12.3. The third-order valence-corrected chi connectivity index (χ3v) is 3.12. The van der Waals surface area contributed by atoms with Crippen molar-refractivity contribution in [2.24, 2.45) is 0 Å². The molecule has 0 saturated carbocycles. The summed E-state index contributed by atoms with van der Waals surface area (Å²) in [5, 5.41) is 4.54. The summed E-state index contributed by atoms with van der Waals surface area (Å²) >= 11 is 0. The van der Waals surface area contributed by atoms with Gasteiger partial charge in [0.1, 0.15) is 16.9 Å². The monoisotopic (exact) mass is 271 g/mol. The molecule has 5 heteroatoms. The Hall–Kier alpha value is -2.69. The smallest absolute Gasteiger partial charge is 0.411 e. The predicted octanol–water partition coefficient (Wildman–Crippen LogP) is 3.77. The Morgan fingerprint density at radius 2 is 1.90 bits per heavy atom. The zero-order chi connectivity index (χ0) is 14.1. The van der Waals surface area contributed by atoms with Crippen molar-refractivity contribution in [1.29, 1.82) is 0 Å². The van der Waals surface area contributed by atoms with Crippen molar-refractivity contribution in [2.45, 2.75) is 0 Å². The van der Waals surface area contributed by atoms with Gasteiger partial charge in [-0.05, 0) is 12.1 Å². The summed E-state index contributed by atoms with van der Waals surface area (Å²) in [5.74, 6) is 0.550. The van der Waals surface area contributed by atoms with Crippen LogP contribution in [0.25, 0.3) is 21.9 Å². The number of para-hydroxylation sites is 1. The Morgan fingerprint density at radius 1 is 1.10 bits per heavy atom. The number of furan rings is 1. The first-order chi connectivity index (χ1) is 9.72. The molecule has 0 aliphatic rings. The highest BCUT2D eigenvalue weighted by Gasteiger charge is 2.13. The fourth-order valence-electron chi connectivity index (χ4n) is 2.18. The van der Waals surface area contributed by atoms with Gasteiger partial charge in [-0.25, -0.2) is 4.79 Å². The largest absolute Gasteiger partial charge is 0.495 e. The number of benzene rings is 2. The second-order valence-electron chi connectivity index (χ2n) is 4.26. The van der Waals surface area contributed by atoms with Gasteiger partial charge in [0.25, 0.3) is 0 Å². The molecule has 0 bridgehead atoms. The van der Waals surface area contributed by atoms with Crippen LogP contribution in [0.15, 0.2) is 40.8 Å². The summed E-state index contributed by atoms with van der Waals surface area (Å²) in [7, 11) is 2.85. The molecule has 0 atom stereocenters. The molecule has 0 saturated heterocycles. The van der Waals surface area contributed by atoms with E-state index in [-0.39, 0.29) is 0 Å². The highest BCUT2D eigenvalue weighted by molar-refractivity contribution is 6.07. The van der Waals surface area contributed by atoms with Gasteiger partial charge in [-0.2, -0.15) is 0 Å². The fourth-order valence-corrected chi connectivity index (χ4v) is 2.18. The molecule has 3 aromatic rings.